The van der Waals surface area contributed by atoms with Gasteiger partial charge < -0.3 is 15.0 Å². The minimum Gasteiger partial charge on any atom is -0.493 e. The fourth-order valence-electron chi connectivity index (χ4n) is 2.76. The van der Waals surface area contributed by atoms with E-state index in [1.54, 1.807) is 0 Å². The highest BCUT2D eigenvalue weighted by atomic mass is 16.5. The monoisotopic (exact) mass is 290 g/mol. The molecule has 1 aliphatic heterocycles. The smallest absolute Gasteiger partial charge is 0.257 e. The highest BCUT2D eigenvalue weighted by molar-refractivity contribution is 5.97. The third kappa shape index (κ3) is 3.97. The van der Waals surface area contributed by atoms with Gasteiger partial charge in [-0.15, -0.1) is 0 Å². The Balaban J connectivity index is 2.17. The zero-order valence-electron chi connectivity index (χ0n) is 13.3. The predicted molar refractivity (Wildman–Crippen MR) is 84.8 cm³/mol. The Hall–Kier alpha value is -1.55. The molecule has 1 fully saturated rings. The number of hydrogen-bond donors (Lipinski definition) is 1. The van der Waals surface area contributed by atoms with Crippen LogP contribution in [0.1, 0.15) is 44.0 Å². The Morgan fingerprint density at radius 3 is 2.81 bits per heavy atom. The molecule has 0 aliphatic carbocycles. The second kappa shape index (κ2) is 7.46. The van der Waals surface area contributed by atoms with Crippen LogP contribution in [-0.2, 0) is 0 Å². The Labute approximate surface area is 127 Å². The number of carbonyl (C=O) groups excluding carboxylic acids is 1. The first-order valence-electron chi connectivity index (χ1n) is 7.89. The van der Waals surface area contributed by atoms with E-state index in [4.69, 9.17) is 4.74 Å². The Morgan fingerprint density at radius 1 is 1.43 bits per heavy atom. The number of ether oxygens (including phenoxy) is 1. The van der Waals surface area contributed by atoms with Crippen LogP contribution >= 0.6 is 0 Å². The second-order valence-corrected chi connectivity index (χ2v) is 5.77. The zero-order chi connectivity index (χ0) is 15.2. The van der Waals surface area contributed by atoms with Gasteiger partial charge in [0.25, 0.3) is 5.91 Å². The van der Waals surface area contributed by atoms with Crippen molar-refractivity contribution in [2.75, 3.05) is 19.7 Å². The summed E-state index contributed by atoms with van der Waals surface area (Å²) in [5.74, 6) is 0.734. The van der Waals surface area contributed by atoms with Crippen LogP contribution in [0, 0.1) is 0 Å². The highest BCUT2D eigenvalue weighted by Crippen LogP contribution is 2.22. The molecule has 0 spiro atoms. The van der Waals surface area contributed by atoms with Gasteiger partial charge in [-0.05, 0) is 52.3 Å². The number of nitrogens with zero attached hydrogens (tertiary/aromatic N) is 1. The van der Waals surface area contributed by atoms with Crippen molar-refractivity contribution in [3.63, 3.8) is 0 Å². The molecule has 0 aromatic heterocycles. The molecule has 21 heavy (non-hydrogen) atoms. The summed E-state index contributed by atoms with van der Waals surface area (Å²) in [4.78, 5) is 14.8. The molecule has 1 amide bonds. The molecule has 0 bridgehead atoms. The van der Waals surface area contributed by atoms with E-state index in [1.165, 1.54) is 6.42 Å². The molecule has 1 N–H and O–H groups in total. The molecule has 1 aliphatic rings. The van der Waals surface area contributed by atoms with Gasteiger partial charge in [-0.1, -0.05) is 12.1 Å². The van der Waals surface area contributed by atoms with Crippen LogP contribution in [0.15, 0.2) is 24.3 Å². The number of nitrogens with one attached hydrogen (secondary N) is 1. The van der Waals surface area contributed by atoms with Gasteiger partial charge in [-0.2, -0.15) is 0 Å². The standard InChI is InChI=1S/C17H26N2O2/c1-4-21-16-10-6-5-9-15(16)17(20)19(13(2)3)12-14-8-7-11-18-14/h5-6,9-10,13-14,18H,4,7-8,11-12H2,1-3H3. The maximum atomic E-state index is 12.9. The Bertz CT molecular complexity index is 468. The number of benzene rings is 1. The van der Waals surface area contributed by atoms with Crippen LogP contribution in [0.5, 0.6) is 5.75 Å². The quantitative estimate of drug-likeness (QED) is 0.876. The van der Waals surface area contributed by atoms with Gasteiger partial charge in [-0.25, -0.2) is 0 Å². The largest absolute Gasteiger partial charge is 0.493 e. The normalized spacial score (nSPS) is 18.0. The summed E-state index contributed by atoms with van der Waals surface area (Å²) in [5.41, 5.74) is 0.658. The maximum Gasteiger partial charge on any atom is 0.257 e. The van der Waals surface area contributed by atoms with Crippen molar-refractivity contribution < 1.29 is 9.53 Å². The van der Waals surface area contributed by atoms with E-state index in [0.29, 0.717) is 24.0 Å². The molecule has 4 heteroatoms. The van der Waals surface area contributed by atoms with Crippen LogP contribution in [0.2, 0.25) is 0 Å². The average molecular weight is 290 g/mol. The first-order chi connectivity index (χ1) is 10.1. The molecule has 2 rings (SSSR count). The summed E-state index contributed by atoms with van der Waals surface area (Å²) < 4.78 is 5.59. The SMILES string of the molecule is CCOc1ccccc1C(=O)N(CC1CCCN1)C(C)C. The van der Waals surface area contributed by atoms with Crippen molar-refractivity contribution in [1.82, 2.24) is 10.2 Å². The lowest BCUT2D eigenvalue weighted by atomic mass is 10.1. The van der Waals surface area contributed by atoms with Gasteiger partial charge in [-0.3, -0.25) is 4.79 Å². The zero-order valence-corrected chi connectivity index (χ0v) is 13.3. The lowest BCUT2D eigenvalue weighted by Gasteiger charge is -2.30. The van der Waals surface area contributed by atoms with E-state index in [1.807, 2.05) is 36.1 Å². The first kappa shape index (κ1) is 15.8. The van der Waals surface area contributed by atoms with Crippen LogP contribution in [0.25, 0.3) is 0 Å². The van der Waals surface area contributed by atoms with E-state index in [-0.39, 0.29) is 11.9 Å². The fourth-order valence-corrected chi connectivity index (χ4v) is 2.76. The van der Waals surface area contributed by atoms with Crippen molar-refractivity contribution in [2.24, 2.45) is 0 Å². The molecule has 1 unspecified atom stereocenters. The van der Waals surface area contributed by atoms with Crippen molar-refractivity contribution >= 4 is 5.91 Å². The lowest BCUT2D eigenvalue weighted by molar-refractivity contribution is 0.0685. The molecular formula is C17H26N2O2. The first-order valence-corrected chi connectivity index (χ1v) is 7.89. The van der Waals surface area contributed by atoms with Crippen LogP contribution in [0.3, 0.4) is 0 Å². The van der Waals surface area contributed by atoms with E-state index in [2.05, 4.69) is 19.2 Å². The topological polar surface area (TPSA) is 41.6 Å². The molecule has 1 aromatic carbocycles. The van der Waals surface area contributed by atoms with Gasteiger partial charge in [0, 0.05) is 18.6 Å². The molecule has 1 aromatic rings. The van der Waals surface area contributed by atoms with Gasteiger partial charge in [0.1, 0.15) is 5.75 Å². The summed E-state index contributed by atoms with van der Waals surface area (Å²) >= 11 is 0. The van der Waals surface area contributed by atoms with Crippen molar-refractivity contribution in [2.45, 2.75) is 45.7 Å². The molecule has 0 radical (unpaired) electrons. The number of rotatable bonds is 6. The van der Waals surface area contributed by atoms with Crippen molar-refractivity contribution in [3.8, 4) is 5.75 Å². The van der Waals surface area contributed by atoms with E-state index >= 15 is 0 Å². The van der Waals surface area contributed by atoms with Crippen LogP contribution in [-0.4, -0.2) is 42.6 Å². The van der Waals surface area contributed by atoms with Crippen LogP contribution in [0.4, 0.5) is 0 Å². The number of amides is 1. The number of carbonyl (C=O) groups is 1. The second-order valence-electron chi connectivity index (χ2n) is 5.77. The highest BCUT2D eigenvalue weighted by Gasteiger charge is 2.26. The summed E-state index contributed by atoms with van der Waals surface area (Å²) in [5, 5.41) is 3.46. The van der Waals surface area contributed by atoms with Gasteiger partial charge in [0.05, 0.1) is 12.2 Å². The summed E-state index contributed by atoms with van der Waals surface area (Å²) in [6, 6.07) is 8.10. The van der Waals surface area contributed by atoms with Crippen LogP contribution < -0.4 is 10.1 Å². The molecule has 0 saturated carbocycles. The number of para-hydroxylation sites is 1. The van der Waals surface area contributed by atoms with Crippen molar-refractivity contribution in [1.29, 1.82) is 0 Å². The van der Waals surface area contributed by atoms with Crippen molar-refractivity contribution in [3.05, 3.63) is 29.8 Å². The molecule has 116 valence electrons. The summed E-state index contributed by atoms with van der Waals surface area (Å²) in [6.45, 7) is 8.45. The molecule has 1 saturated heterocycles. The molecule has 4 nitrogen and oxygen atoms in total. The predicted octanol–water partition coefficient (Wildman–Crippen LogP) is 2.69. The average Bonchev–Trinajstić information content (AvgIpc) is 2.98. The van der Waals surface area contributed by atoms with Gasteiger partial charge in [0.15, 0.2) is 0 Å². The third-order valence-corrected chi connectivity index (χ3v) is 3.88. The third-order valence-electron chi connectivity index (χ3n) is 3.88. The molecule has 1 heterocycles. The Kier molecular flexibility index (Phi) is 5.62. The summed E-state index contributed by atoms with van der Waals surface area (Å²) in [7, 11) is 0. The van der Waals surface area contributed by atoms with E-state index in [9.17, 15) is 4.79 Å². The maximum absolute atomic E-state index is 12.9. The Morgan fingerprint density at radius 2 is 2.19 bits per heavy atom. The molecule has 1 atom stereocenters. The lowest BCUT2D eigenvalue weighted by Crippen LogP contribution is -2.44. The fraction of sp³-hybridized carbons (Fsp3) is 0.588. The van der Waals surface area contributed by atoms with E-state index < -0.39 is 0 Å². The summed E-state index contributed by atoms with van der Waals surface area (Å²) in [6.07, 6.45) is 2.34. The minimum absolute atomic E-state index is 0.0581. The van der Waals surface area contributed by atoms with Gasteiger partial charge in [0.2, 0.25) is 0 Å². The van der Waals surface area contributed by atoms with Gasteiger partial charge >= 0.3 is 0 Å². The minimum atomic E-state index is 0.0581. The number of hydrogen-bond acceptors (Lipinski definition) is 3. The van der Waals surface area contributed by atoms with E-state index in [0.717, 1.165) is 19.5 Å². The molecular weight excluding hydrogens is 264 g/mol.